The molecular weight excluding hydrogens is 468 g/mol. The number of rotatable bonds is 3. The van der Waals surface area contributed by atoms with Gasteiger partial charge in [0.1, 0.15) is 5.75 Å². The number of hydrogen-bond donors (Lipinski definition) is 0. The van der Waals surface area contributed by atoms with Crippen molar-refractivity contribution in [1.29, 1.82) is 0 Å². The summed E-state index contributed by atoms with van der Waals surface area (Å²) in [5, 5.41) is 7.89. The molecule has 0 aromatic heterocycles. The van der Waals surface area contributed by atoms with E-state index in [-0.39, 0.29) is 5.92 Å². The molecule has 1 aliphatic heterocycles. The Morgan fingerprint density at radius 2 is 1.43 bits per heavy atom. The molecule has 3 aromatic rings. The molecule has 0 saturated carbocycles. The lowest BCUT2D eigenvalue weighted by molar-refractivity contribution is -0.141. The monoisotopic (exact) mass is 498 g/mol. The van der Waals surface area contributed by atoms with Crippen molar-refractivity contribution in [3.63, 3.8) is 0 Å². The van der Waals surface area contributed by atoms with Crippen molar-refractivity contribution in [2.75, 3.05) is 6.61 Å². The van der Waals surface area contributed by atoms with E-state index in [1.807, 2.05) is 62.4 Å². The van der Waals surface area contributed by atoms with Crippen molar-refractivity contribution >= 4 is 23.4 Å². The summed E-state index contributed by atoms with van der Waals surface area (Å²) in [6.45, 7) is 7.34. The molecule has 0 N–H and O–H groups in total. The van der Waals surface area contributed by atoms with Gasteiger partial charge in [-0.05, 0) is 48.2 Å². The summed E-state index contributed by atoms with van der Waals surface area (Å²) in [7, 11) is 0. The van der Waals surface area contributed by atoms with Gasteiger partial charge < -0.3 is 14.4 Å². The molecule has 7 nitrogen and oxygen atoms in total. The molecule has 0 radical (unpaired) electrons. The number of ether oxygens (including phenoxy) is 1. The Labute approximate surface area is 216 Å². The largest absolute Gasteiger partial charge is 0.492 e. The quantitative estimate of drug-likeness (QED) is 0.334. The van der Waals surface area contributed by atoms with Crippen LogP contribution >= 0.6 is 0 Å². The zero-order chi connectivity index (χ0) is 26.4. The highest BCUT2D eigenvalue weighted by molar-refractivity contribution is 6.06. The average molecular weight is 499 g/mol. The van der Waals surface area contributed by atoms with Crippen LogP contribution in [0.25, 0.3) is 0 Å². The second-order valence-corrected chi connectivity index (χ2v) is 9.03. The fourth-order valence-corrected chi connectivity index (χ4v) is 4.41. The Morgan fingerprint density at radius 3 is 2.14 bits per heavy atom. The second-order valence-electron chi connectivity index (χ2n) is 9.03. The number of nitrogens with zero attached hydrogens (tertiary/aromatic N) is 2. The van der Waals surface area contributed by atoms with Crippen LogP contribution in [0.4, 0.5) is 0 Å². The minimum Gasteiger partial charge on any atom is -0.492 e. The van der Waals surface area contributed by atoms with Gasteiger partial charge in [0.25, 0.3) is 0 Å². The number of hydrogen-bond acceptors (Lipinski definition) is 7. The van der Waals surface area contributed by atoms with E-state index in [2.05, 4.69) is 28.5 Å². The lowest BCUT2D eigenvalue weighted by Crippen LogP contribution is -2.17. The zero-order valence-electron chi connectivity index (χ0n) is 21.5. The predicted octanol–water partition coefficient (Wildman–Crippen LogP) is 5.84. The van der Waals surface area contributed by atoms with Gasteiger partial charge in [-0.3, -0.25) is 0 Å². The minimum atomic E-state index is -0.408. The molecule has 0 bridgehead atoms. The van der Waals surface area contributed by atoms with Gasteiger partial charge in [-0.1, -0.05) is 64.9 Å². The van der Waals surface area contributed by atoms with Gasteiger partial charge in [-0.15, -0.1) is 0 Å². The molecule has 5 rings (SSSR count). The fourth-order valence-electron chi connectivity index (χ4n) is 4.41. The van der Waals surface area contributed by atoms with Crippen LogP contribution in [0.5, 0.6) is 5.75 Å². The molecule has 2 aliphatic rings. The summed E-state index contributed by atoms with van der Waals surface area (Å²) in [5.74, 6) is 0.291. The van der Waals surface area contributed by atoms with Crippen LogP contribution in [0.1, 0.15) is 66.0 Å². The Morgan fingerprint density at radius 1 is 0.811 bits per heavy atom. The lowest BCUT2D eigenvalue weighted by Gasteiger charge is -2.20. The fraction of sp³-hybridized carbons (Fsp3) is 0.267. The van der Waals surface area contributed by atoms with Crippen LogP contribution < -0.4 is 4.74 Å². The Balaban J connectivity index is 0.000000176. The van der Waals surface area contributed by atoms with Crippen molar-refractivity contribution in [1.82, 2.24) is 0 Å². The van der Waals surface area contributed by atoms with E-state index in [1.165, 1.54) is 36.1 Å². The zero-order valence-corrected chi connectivity index (χ0v) is 21.5. The first-order valence-electron chi connectivity index (χ1n) is 12.2. The number of carbonyl (C=O) groups is 2. The molecule has 0 saturated heterocycles. The van der Waals surface area contributed by atoms with Gasteiger partial charge in [0.2, 0.25) is 0 Å². The summed E-state index contributed by atoms with van der Waals surface area (Å²) >= 11 is 0. The molecule has 0 amide bonds. The predicted molar refractivity (Wildman–Crippen MR) is 142 cm³/mol. The van der Waals surface area contributed by atoms with Crippen molar-refractivity contribution in [3.8, 4) is 5.75 Å². The molecule has 1 aliphatic carbocycles. The molecule has 190 valence electrons. The highest BCUT2D eigenvalue weighted by Gasteiger charge is 2.29. The number of oxime groups is 2. The maximum absolute atomic E-state index is 10.9. The standard InChI is InChI=1S/C17H15NO2.C13H15NO3/c1-12(19)20-18-17-11-16(13-7-3-2-4-8-13)14-9-5-6-10-15(14)17;1-8-6-11-12(14-17-10(3)15)4-5-16-13(11)7-9(8)2/h2-10,16H,11H2,1H3;6-7H,4-5H2,1-3H3/b18-17-;14-12-. The van der Waals surface area contributed by atoms with Crippen LogP contribution in [0.2, 0.25) is 0 Å². The maximum Gasteiger partial charge on any atom is 0.331 e. The first-order chi connectivity index (χ1) is 17.8. The van der Waals surface area contributed by atoms with Crippen molar-refractivity contribution in [2.24, 2.45) is 10.3 Å². The summed E-state index contributed by atoms with van der Waals surface area (Å²) < 4.78 is 5.58. The van der Waals surface area contributed by atoms with E-state index >= 15 is 0 Å². The molecule has 7 heteroatoms. The number of carbonyl (C=O) groups excluding carboxylic acids is 2. The molecular formula is C30H30N2O5. The third-order valence-corrected chi connectivity index (χ3v) is 6.32. The summed E-state index contributed by atoms with van der Waals surface area (Å²) in [5.41, 5.74) is 8.44. The normalized spacial score (nSPS) is 17.7. The van der Waals surface area contributed by atoms with Crippen molar-refractivity contribution in [3.05, 3.63) is 100 Å². The second kappa shape index (κ2) is 11.6. The third kappa shape index (κ3) is 6.30. The van der Waals surface area contributed by atoms with Gasteiger partial charge in [0.05, 0.1) is 18.0 Å². The van der Waals surface area contributed by atoms with Gasteiger partial charge in [0, 0.05) is 43.7 Å². The maximum atomic E-state index is 10.9. The summed E-state index contributed by atoms with van der Waals surface area (Å²) in [6.07, 6.45) is 1.42. The first kappa shape index (κ1) is 25.8. The van der Waals surface area contributed by atoms with E-state index in [1.54, 1.807) is 0 Å². The van der Waals surface area contributed by atoms with E-state index in [4.69, 9.17) is 14.4 Å². The van der Waals surface area contributed by atoms with Crippen LogP contribution in [0.15, 0.2) is 77.0 Å². The summed E-state index contributed by atoms with van der Waals surface area (Å²) in [6, 6.07) is 22.5. The van der Waals surface area contributed by atoms with E-state index < -0.39 is 11.9 Å². The van der Waals surface area contributed by atoms with Crippen LogP contribution in [-0.4, -0.2) is 30.0 Å². The average Bonchev–Trinajstić information content (AvgIpc) is 3.26. The van der Waals surface area contributed by atoms with E-state index in [0.717, 1.165) is 34.7 Å². The Bertz CT molecular complexity index is 1360. The molecule has 37 heavy (non-hydrogen) atoms. The minimum absolute atomic E-state index is 0.279. The smallest absolute Gasteiger partial charge is 0.331 e. The number of fused-ring (bicyclic) bond motifs is 2. The molecule has 1 atom stereocenters. The molecule has 0 fully saturated rings. The van der Waals surface area contributed by atoms with Gasteiger partial charge in [0.15, 0.2) is 0 Å². The molecule has 1 heterocycles. The van der Waals surface area contributed by atoms with Gasteiger partial charge in [-0.2, -0.15) is 0 Å². The third-order valence-electron chi connectivity index (χ3n) is 6.32. The van der Waals surface area contributed by atoms with E-state index in [9.17, 15) is 9.59 Å². The molecule has 1 unspecified atom stereocenters. The highest BCUT2D eigenvalue weighted by atomic mass is 16.7. The molecule has 0 spiro atoms. The van der Waals surface area contributed by atoms with E-state index in [0.29, 0.717) is 13.0 Å². The lowest BCUT2D eigenvalue weighted by atomic mass is 9.93. The number of benzene rings is 3. The SMILES string of the molecule is CC(=O)O/N=C1/CC(c2ccccc2)c2ccccc21.CC(=O)O/N=C1/CCOc2cc(C)c(C)cc21. The molecule has 3 aromatic carbocycles. The first-order valence-corrected chi connectivity index (χ1v) is 12.2. The van der Waals surface area contributed by atoms with Crippen molar-refractivity contribution in [2.45, 2.75) is 46.5 Å². The highest BCUT2D eigenvalue weighted by Crippen LogP contribution is 2.38. The Kier molecular flexibility index (Phi) is 8.13. The topological polar surface area (TPSA) is 86.5 Å². The van der Waals surface area contributed by atoms with Crippen LogP contribution in [0.3, 0.4) is 0 Å². The Hall–Kier alpha value is -4.26. The van der Waals surface area contributed by atoms with Gasteiger partial charge >= 0.3 is 11.9 Å². The number of aryl methyl sites for hydroxylation is 2. The van der Waals surface area contributed by atoms with Crippen LogP contribution in [-0.2, 0) is 19.3 Å². The van der Waals surface area contributed by atoms with Gasteiger partial charge in [-0.25, -0.2) is 9.59 Å². The van der Waals surface area contributed by atoms with Crippen LogP contribution in [0, 0.1) is 13.8 Å². The van der Waals surface area contributed by atoms with Crippen molar-refractivity contribution < 1.29 is 24.0 Å². The summed E-state index contributed by atoms with van der Waals surface area (Å²) in [4.78, 5) is 31.2.